The Labute approximate surface area is 112 Å². The van der Waals surface area contributed by atoms with Crippen molar-refractivity contribution in [3.8, 4) is 5.75 Å². The van der Waals surface area contributed by atoms with E-state index in [2.05, 4.69) is 0 Å². The Balaban J connectivity index is 2.49. The first-order chi connectivity index (χ1) is 9.08. The largest absolute Gasteiger partial charge is 0.497 e. The van der Waals surface area contributed by atoms with E-state index in [1.807, 2.05) is 18.2 Å². The molecule has 0 aliphatic heterocycles. The molecule has 0 bridgehead atoms. The number of fused-ring (bicyclic) bond motifs is 1. The number of hydrogen-bond acceptors (Lipinski definition) is 3. The summed E-state index contributed by atoms with van der Waals surface area (Å²) in [7, 11) is 1.57. The molecule has 0 aromatic heterocycles. The van der Waals surface area contributed by atoms with Crippen LogP contribution >= 0.6 is 0 Å². The molecule has 0 saturated carbocycles. The lowest BCUT2D eigenvalue weighted by Crippen LogP contribution is -2.31. The molecule has 0 saturated heterocycles. The Morgan fingerprint density at radius 1 is 1.47 bits per heavy atom. The molecule has 1 aliphatic carbocycles. The molecule has 1 aromatic carbocycles. The SMILES string of the molecule is CCC(C(=O)O)C1C(=O)CCc2ccc(OC)cc21. The Bertz CT molecular complexity index is 507. The van der Waals surface area contributed by atoms with E-state index in [1.54, 1.807) is 14.0 Å². The van der Waals surface area contributed by atoms with Crippen molar-refractivity contribution in [1.82, 2.24) is 0 Å². The van der Waals surface area contributed by atoms with Gasteiger partial charge in [0.15, 0.2) is 0 Å². The van der Waals surface area contributed by atoms with E-state index in [1.165, 1.54) is 0 Å². The number of rotatable bonds is 4. The van der Waals surface area contributed by atoms with Crippen LogP contribution < -0.4 is 4.74 Å². The van der Waals surface area contributed by atoms with E-state index in [4.69, 9.17) is 4.74 Å². The van der Waals surface area contributed by atoms with Gasteiger partial charge < -0.3 is 9.84 Å². The minimum absolute atomic E-state index is 0.0232. The average molecular weight is 262 g/mol. The highest BCUT2D eigenvalue weighted by Crippen LogP contribution is 2.38. The number of carboxylic acid groups (broad SMARTS) is 1. The second-order valence-electron chi connectivity index (χ2n) is 4.86. The fraction of sp³-hybridized carbons (Fsp3) is 0.467. The molecule has 2 atom stereocenters. The molecule has 0 amide bonds. The van der Waals surface area contributed by atoms with E-state index in [9.17, 15) is 14.7 Å². The van der Waals surface area contributed by atoms with Crippen LogP contribution in [0.3, 0.4) is 0 Å². The van der Waals surface area contributed by atoms with Gasteiger partial charge in [-0.25, -0.2) is 0 Å². The lowest BCUT2D eigenvalue weighted by molar-refractivity contribution is -0.145. The Morgan fingerprint density at radius 2 is 2.21 bits per heavy atom. The molecule has 0 heterocycles. The van der Waals surface area contributed by atoms with E-state index in [-0.39, 0.29) is 5.78 Å². The number of aliphatic carboxylic acids is 1. The summed E-state index contributed by atoms with van der Waals surface area (Å²) in [6, 6.07) is 5.60. The second kappa shape index (κ2) is 5.43. The van der Waals surface area contributed by atoms with Gasteiger partial charge >= 0.3 is 5.97 Å². The van der Waals surface area contributed by atoms with Gasteiger partial charge in [-0.2, -0.15) is 0 Å². The van der Waals surface area contributed by atoms with Gasteiger partial charge in [-0.1, -0.05) is 13.0 Å². The zero-order chi connectivity index (χ0) is 14.0. The summed E-state index contributed by atoms with van der Waals surface area (Å²) in [4.78, 5) is 23.5. The van der Waals surface area contributed by atoms with Crippen molar-refractivity contribution in [1.29, 1.82) is 0 Å². The summed E-state index contributed by atoms with van der Waals surface area (Å²) in [6.45, 7) is 1.81. The number of carboxylic acids is 1. The molecule has 0 spiro atoms. The van der Waals surface area contributed by atoms with Crippen molar-refractivity contribution >= 4 is 11.8 Å². The van der Waals surface area contributed by atoms with E-state index < -0.39 is 17.8 Å². The molecule has 0 radical (unpaired) electrons. The van der Waals surface area contributed by atoms with Crippen molar-refractivity contribution in [2.45, 2.75) is 32.1 Å². The Morgan fingerprint density at radius 3 is 2.79 bits per heavy atom. The van der Waals surface area contributed by atoms with Crippen LogP contribution in [0, 0.1) is 5.92 Å². The fourth-order valence-electron chi connectivity index (χ4n) is 2.80. The number of carbonyl (C=O) groups is 2. The molecule has 102 valence electrons. The topological polar surface area (TPSA) is 63.6 Å². The van der Waals surface area contributed by atoms with Crippen molar-refractivity contribution in [2.75, 3.05) is 7.11 Å². The standard InChI is InChI=1S/C15H18O4/c1-3-11(15(17)18)14-12-8-10(19-2)6-4-9(12)5-7-13(14)16/h4,6,8,11,14H,3,5,7H2,1-2H3,(H,17,18). The molecular weight excluding hydrogens is 244 g/mol. The van der Waals surface area contributed by atoms with Gasteiger partial charge in [0.25, 0.3) is 0 Å². The first-order valence-corrected chi connectivity index (χ1v) is 6.50. The monoisotopic (exact) mass is 262 g/mol. The van der Waals surface area contributed by atoms with E-state index >= 15 is 0 Å². The molecule has 19 heavy (non-hydrogen) atoms. The van der Waals surface area contributed by atoms with Crippen molar-refractivity contribution in [3.05, 3.63) is 29.3 Å². The molecule has 2 rings (SSSR count). The number of hydrogen-bond donors (Lipinski definition) is 1. The van der Waals surface area contributed by atoms with Crippen LogP contribution in [-0.4, -0.2) is 24.0 Å². The van der Waals surface area contributed by atoms with Gasteiger partial charge in [0.1, 0.15) is 11.5 Å². The van der Waals surface area contributed by atoms with Gasteiger partial charge in [-0.15, -0.1) is 0 Å². The third-order valence-electron chi connectivity index (χ3n) is 3.84. The number of methoxy groups -OCH3 is 1. The highest BCUT2D eigenvalue weighted by molar-refractivity contribution is 5.92. The van der Waals surface area contributed by atoms with Gasteiger partial charge in [-0.05, 0) is 36.1 Å². The highest BCUT2D eigenvalue weighted by Gasteiger charge is 2.37. The highest BCUT2D eigenvalue weighted by atomic mass is 16.5. The summed E-state index contributed by atoms with van der Waals surface area (Å²) in [5.74, 6) is -1.41. The van der Waals surface area contributed by atoms with Gasteiger partial charge in [0.05, 0.1) is 18.9 Å². The van der Waals surface area contributed by atoms with Crippen LogP contribution in [0.25, 0.3) is 0 Å². The minimum Gasteiger partial charge on any atom is -0.497 e. The van der Waals surface area contributed by atoms with Crippen LogP contribution in [0.4, 0.5) is 0 Å². The normalized spacial score (nSPS) is 19.7. The van der Waals surface area contributed by atoms with Crippen molar-refractivity contribution in [3.63, 3.8) is 0 Å². The minimum atomic E-state index is -0.906. The Hall–Kier alpha value is -1.84. The van der Waals surface area contributed by atoms with E-state index in [0.29, 0.717) is 25.0 Å². The second-order valence-corrected chi connectivity index (χ2v) is 4.86. The summed E-state index contributed by atoms with van der Waals surface area (Å²) >= 11 is 0. The average Bonchev–Trinajstić information content (AvgIpc) is 2.41. The first-order valence-electron chi connectivity index (χ1n) is 6.50. The van der Waals surface area contributed by atoms with Crippen LogP contribution in [0.2, 0.25) is 0 Å². The number of ketones is 1. The Kier molecular flexibility index (Phi) is 3.88. The smallest absolute Gasteiger partial charge is 0.307 e. The maximum atomic E-state index is 12.2. The first kappa shape index (κ1) is 13.6. The lowest BCUT2D eigenvalue weighted by atomic mass is 9.74. The van der Waals surface area contributed by atoms with Crippen molar-refractivity contribution < 1.29 is 19.4 Å². The lowest BCUT2D eigenvalue weighted by Gasteiger charge is -2.28. The summed E-state index contributed by atoms with van der Waals surface area (Å²) < 4.78 is 5.18. The molecule has 2 unspecified atom stereocenters. The molecule has 4 nitrogen and oxygen atoms in total. The maximum Gasteiger partial charge on any atom is 0.307 e. The number of carbonyl (C=O) groups excluding carboxylic acids is 1. The van der Waals surface area contributed by atoms with Gasteiger partial charge in [0.2, 0.25) is 0 Å². The quantitative estimate of drug-likeness (QED) is 0.905. The van der Waals surface area contributed by atoms with Gasteiger partial charge in [0, 0.05) is 6.42 Å². The molecule has 1 aliphatic rings. The van der Waals surface area contributed by atoms with Crippen LogP contribution in [0.15, 0.2) is 18.2 Å². The third-order valence-corrected chi connectivity index (χ3v) is 3.84. The number of Topliss-reactive ketones (excluding diaryl/α,β-unsaturated/α-hetero) is 1. The number of aryl methyl sites for hydroxylation is 1. The summed E-state index contributed by atoms with van der Waals surface area (Å²) in [5, 5.41) is 9.31. The van der Waals surface area contributed by atoms with Crippen LogP contribution in [0.1, 0.15) is 36.8 Å². The number of ether oxygens (including phenoxy) is 1. The zero-order valence-electron chi connectivity index (χ0n) is 11.2. The molecule has 0 fully saturated rings. The third kappa shape index (κ3) is 2.48. The van der Waals surface area contributed by atoms with E-state index in [0.717, 1.165) is 11.1 Å². The predicted octanol–water partition coefficient (Wildman–Crippen LogP) is 2.40. The van der Waals surface area contributed by atoms with Crippen LogP contribution in [0.5, 0.6) is 5.75 Å². The molecule has 4 heteroatoms. The van der Waals surface area contributed by atoms with Gasteiger partial charge in [-0.3, -0.25) is 9.59 Å². The van der Waals surface area contributed by atoms with Crippen molar-refractivity contribution in [2.24, 2.45) is 5.92 Å². The summed E-state index contributed by atoms with van der Waals surface area (Å²) in [5.41, 5.74) is 1.88. The zero-order valence-corrected chi connectivity index (χ0v) is 11.2. The molecule has 1 aromatic rings. The summed E-state index contributed by atoms with van der Waals surface area (Å²) in [6.07, 6.45) is 1.56. The fourth-order valence-corrected chi connectivity index (χ4v) is 2.80. The number of benzene rings is 1. The predicted molar refractivity (Wildman–Crippen MR) is 70.5 cm³/mol. The maximum absolute atomic E-state index is 12.2. The molecule has 1 N–H and O–H groups in total. The molecular formula is C15H18O4. The van der Waals surface area contributed by atoms with Crippen LogP contribution in [-0.2, 0) is 16.0 Å².